The van der Waals surface area contributed by atoms with Gasteiger partial charge in [-0.1, -0.05) is 32.0 Å². The molecule has 2 saturated heterocycles. The fourth-order valence-corrected chi connectivity index (χ4v) is 7.59. The van der Waals surface area contributed by atoms with Crippen LogP contribution in [0.5, 0.6) is 0 Å². The first-order valence-electron chi connectivity index (χ1n) is 12.6. The van der Waals surface area contributed by atoms with Gasteiger partial charge < -0.3 is 9.64 Å². The van der Waals surface area contributed by atoms with Crippen molar-refractivity contribution in [1.82, 2.24) is 9.62 Å². The lowest BCUT2D eigenvalue weighted by atomic mass is 9.81. The molecule has 0 radical (unpaired) electrons. The fraction of sp³-hybridized carbons (Fsp3) is 0.519. The molecule has 2 aliphatic carbocycles. The van der Waals surface area contributed by atoms with Crippen molar-refractivity contribution in [1.29, 1.82) is 0 Å². The average molecular weight is 535 g/mol. The first-order chi connectivity index (χ1) is 17.5. The molecule has 4 fully saturated rings. The number of nitrogens with zero attached hydrogens (tertiary/aromatic N) is 1. The zero-order chi connectivity index (χ0) is 26.3. The Hall–Kier alpha value is -2.43. The maximum Gasteiger partial charge on any atom is 0.252 e. The van der Waals surface area contributed by atoms with Gasteiger partial charge in [-0.25, -0.2) is 26.3 Å². The molecule has 0 bridgehead atoms. The zero-order valence-corrected chi connectivity index (χ0v) is 21.4. The third-order valence-electron chi connectivity index (χ3n) is 8.15. The summed E-state index contributed by atoms with van der Waals surface area (Å²) in [4.78, 5) is 15.3. The highest BCUT2D eigenvalue weighted by Gasteiger charge is 2.63. The van der Waals surface area contributed by atoms with Crippen molar-refractivity contribution in [3.8, 4) is 11.1 Å². The average Bonchev–Trinajstić information content (AvgIpc) is 3.72. The predicted molar refractivity (Wildman–Crippen MR) is 130 cm³/mol. The van der Waals surface area contributed by atoms with Crippen molar-refractivity contribution >= 4 is 15.9 Å². The van der Waals surface area contributed by atoms with Crippen LogP contribution in [-0.2, 0) is 26.0 Å². The predicted octanol–water partition coefficient (Wildman–Crippen LogP) is 3.79. The molecule has 2 aromatic carbocycles. The van der Waals surface area contributed by atoms with E-state index in [0.29, 0.717) is 25.9 Å². The standard InChI is InChI=1S/C27H29F3N2O4S/c1-27(2)13-36-25(27)26(33)32-21-12-20(21)24(31-37(34,35)18-6-7-18)22(32)10-14-4-3-5-19(23(14)30)15-8-16(28)11-17(29)9-15/h3-5,8-9,11,18,20-22,24-25,31H,6-7,10,12-13H2,1-2H3/t20?,21?,22?,24?,25-/m0/s1. The number of ether oxygens (including phenoxy) is 1. The molecule has 2 saturated carbocycles. The molecule has 37 heavy (non-hydrogen) atoms. The van der Waals surface area contributed by atoms with Crippen molar-refractivity contribution in [3.05, 3.63) is 59.4 Å². The minimum atomic E-state index is -3.55. The maximum atomic E-state index is 15.8. The summed E-state index contributed by atoms with van der Waals surface area (Å²) in [6, 6.07) is 6.17. The number of hydrogen-bond donors (Lipinski definition) is 1. The molecule has 10 heteroatoms. The number of carbonyl (C=O) groups is 1. The molecule has 4 unspecified atom stereocenters. The Balaban J connectivity index is 1.35. The number of fused-ring (bicyclic) bond motifs is 1. The summed E-state index contributed by atoms with van der Waals surface area (Å²) < 4.78 is 77.7. The lowest BCUT2D eigenvalue weighted by molar-refractivity contribution is -0.194. The van der Waals surface area contributed by atoms with Crippen LogP contribution in [0.15, 0.2) is 36.4 Å². The van der Waals surface area contributed by atoms with Crippen molar-refractivity contribution in [2.45, 2.75) is 69.0 Å². The topological polar surface area (TPSA) is 75.7 Å². The number of sulfonamides is 1. The highest BCUT2D eigenvalue weighted by atomic mass is 32.2. The molecule has 198 valence electrons. The normalized spacial score (nSPS) is 30.1. The number of halogens is 3. The van der Waals surface area contributed by atoms with Crippen molar-refractivity contribution in [2.75, 3.05) is 6.61 Å². The van der Waals surface area contributed by atoms with E-state index in [0.717, 1.165) is 18.2 Å². The van der Waals surface area contributed by atoms with Crippen LogP contribution in [0.4, 0.5) is 13.2 Å². The van der Waals surface area contributed by atoms with E-state index in [2.05, 4.69) is 4.72 Å². The lowest BCUT2D eigenvalue weighted by Gasteiger charge is -2.46. The molecule has 2 aromatic rings. The minimum Gasteiger partial charge on any atom is -0.367 e. The summed E-state index contributed by atoms with van der Waals surface area (Å²) in [5.74, 6) is -2.53. The molecule has 6 nitrogen and oxygen atoms in total. The molecular formula is C27H29F3N2O4S. The van der Waals surface area contributed by atoms with Gasteiger partial charge in [-0.15, -0.1) is 0 Å². The molecule has 1 N–H and O–H groups in total. The first-order valence-corrected chi connectivity index (χ1v) is 14.2. The smallest absolute Gasteiger partial charge is 0.252 e. The number of piperidine rings is 1. The number of hydrogen-bond acceptors (Lipinski definition) is 4. The second-order valence-electron chi connectivity index (χ2n) is 11.5. The largest absolute Gasteiger partial charge is 0.367 e. The Morgan fingerprint density at radius 1 is 1.14 bits per heavy atom. The van der Waals surface area contributed by atoms with Gasteiger partial charge in [-0.05, 0) is 54.9 Å². The monoisotopic (exact) mass is 534 g/mol. The van der Waals surface area contributed by atoms with E-state index >= 15 is 4.39 Å². The van der Waals surface area contributed by atoms with Crippen LogP contribution in [0.25, 0.3) is 11.1 Å². The summed E-state index contributed by atoms with van der Waals surface area (Å²) in [6.45, 7) is 4.35. The number of amides is 1. The van der Waals surface area contributed by atoms with Gasteiger partial charge in [0.15, 0.2) is 0 Å². The van der Waals surface area contributed by atoms with E-state index in [1.807, 2.05) is 13.8 Å². The van der Waals surface area contributed by atoms with Crippen LogP contribution in [0.1, 0.15) is 38.7 Å². The van der Waals surface area contributed by atoms with Gasteiger partial charge in [0.05, 0.1) is 17.9 Å². The van der Waals surface area contributed by atoms with Gasteiger partial charge in [0.2, 0.25) is 10.0 Å². The van der Waals surface area contributed by atoms with Crippen LogP contribution in [-0.4, -0.2) is 55.3 Å². The molecule has 2 aliphatic heterocycles. The zero-order valence-electron chi connectivity index (χ0n) is 20.6. The number of rotatable bonds is 7. The molecular weight excluding hydrogens is 505 g/mol. The van der Waals surface area contributed by atoms with Gasteiger partial charge >= 0.3 is 0 Å². The number of nitrogens with one attached hydrogen (secondary N) is 1. The van der Waals surface area contributed by atoms with Gasteiger partial charge in [0.25, 0.3) is 5.91 Å². The summed E-state index contributed by atoms with van der Waals surface area (Å²) >= 11 is 0. The molecule has 2 heterocycles. The van der Waals surface area contributed by atoms with E-state index < -0.39 is 50.9 Å². The molecule has 4 aliphatic rings. The summed E-state index contributed by atoms with van der Waals surface area (Å²) in [6.07, 6.45) is 1.31. The number of carbonyl (C=O) groups excluding carboxylic acids is 1. The molecule has 1 amide bonds. The van der Waals surface area contributed by atoms with Gasteiger partial charge in [-0.2, -0.15) is 0 Å². The van der Waals surface area contributed by atoms with E-state index in [4.69, 9.17) is 4.74 Å². The quantitative estimate of drug-likeness (QED) is 0.587. The lowest BCUT2D eigenvalue weighted by Crippen LogP contribution is -2.60. The summed E-state index contributed by atoms with van der Waals surface area (Å²) in [7, 11) is -3.55. The van der Waals surface area contributed by atoms with Crippen LogP contribution < -0.4 is 4.72 Å². The Labute approximate surface area is 214 Å². The third kappa shape index (κ3) is 4.36. The SMILES string of the molecule is CC1(C)CO[C@H]1C(=O)N1C2CC2C(NS(=O)(=O)C2CC2)C1Cc1cccc(-c2cc(F)cc(F)c2)c1F. The maximum absolute atomic E-state index is 15.8. The van der Waals surface area contributed by atoms with Crippen molar-refractivity contribution in [2.24, 2.45) is 11.3 Å². The van der Waals surface area contributed by atoms with E-state index in [9.17, 15) is 22.0 Å². The minimum absolute atomic E-state index is 0.0375. The van der Waals surface area contributed by atoms with E-state index in [-0.39, 0.29) is 46.4 Å². The summed E-state index contributed by atoms with van der Waals surface area (Å²) in [5, 5.41) is -0.424. The Morgan fingerprint density at radius 2 is 1.84 bits per heavy atom. The van der Waals surface area contributed by atoms with Gasteiger partial charge in [0.1, 0.15) is 23.6 Å². The number of likely N-dealkylation sites (tertiary alicyclic amines) is 1. The number of benzene rings is 2. The van der Waals surface area contributed by atoms with E-state index in [1.165, 1.54) is 6.07 Å². The highest BCUT2D eigenvalue weighted by molar-refractivity contribution is 7.90. The Kier molecular flexibility index (Phi) is 5.74. The van der Waals surface area contributed by atoms with Crippen molar-refractivity contribution in [3.63, 3.8) is 0 Å². The van der Waals surface area contributed by atoms with Gasteiger partial charge in [0, 0.05) is 29.1 Å². The first kappa shape index (κ1) is 24.9. The Morgan fingerprint density at radius 3 is 2.43 bits per heavy atom. The Bertz CT molecular complexity index is 1360. The van der Waals surface area contributed by atoms with E-state index in [1.54, 1.807) is 17.0 Å². The highest BCUT2D eigenvalue weighted by Crippen LogP contribution is 2.51. The molecule has 0 spiro atoms. The van der Waals surface area contributed by atoms with Crippen LogP contribution in [0.3, 0.4) is 0 Å². The molecule has 6 rings (SSSR count). The summed E-state index contributed by atoms with van der Waals surface area (Å²) in [5.41, 5.74) is 0.00499. The second kappa shape index (κ2) is 8.54. The second-order valence-corrected chi connectivity index (χ2v) is 13.5. The molecule has 0 aromatic heterocycles. The van der Waals surface area contributed by atoms with Gasteiger partial charge in [-0.3, -0.25) is 4.79 Å². The van der Waals surface area contributed by atoms with Crippen LogP contribution >= 0.6 is 0 Å². The third-order valence-corrected chi connectivity index (χ3v) is 10.1. The van der Waals surface area contributed by atoms with Crippen LogP contribution in [0.2, 0.25) is 0 Å². The fourth-order valence-electron chi connectivity index (χ4n) is 5.93. The van der Waals surface area contributed by atoms with Crippen LogP contribution in [0, 0.1) is 28.8 Å². The van der Waals surface area contributed by atoms with Crippen molar-refractivity contribution < 1.29 is 31.1 Å². The molecule has 5 atom stereocenters.